The Kier molecular flexibility index (Phi) is 6.04. The van der Waals surface area contributed by atoms with Crippen molar-refractivity contribution in [2.45, 2.75) is 26.9 Å². The number of amides is 1. The van der Waals surface area contributed by atoms with Crippen molar-refractivity contribution >= 4 is 28.5 Å². The van der Waals surface area contributed by atoms with E-state index in [1.54, 1.807) is 6.08 Å². The Bertz CT molecular complexity index is 943. The SMILES string of the molecule is Cc1ccc(-c2csc(NC(=O)/C=C/c3cccc(OC(C)C)c3)n2)cc1. The largest absolute Gasteiger partial charge is 0.491 e. The van der Waals surface area contributed by atoms with Crippen molar-refractivity contribution in [1.82, 2.24) is 4.98 Å². The number of hydrogen-bond acceptors (Lipinski definition) is 4. The number of aromatic nitrogens is 1. The Morgan fingerprint density at radius 3 is 2.70 bits per heavy atom. The molecule has 4 nitrogen and oxygen atoms in total. The molecule has 0 fully saturated rings. The molecule has 1 aromatic heterocycles. The lowest BCUT2D eigenvalue weighted by Crippen LogP contribution is -2.07. The van der Waals surface area contributed by atoms with E-state index in [9.17, 15) is 4.79 Å². The second kappa shape index (κ2) is 8.64. The van der Waals surface area contributed by atoms with Crippen LogP contribution in [0.4, 0.5) is 5.13 Å². The molecule has 1 N–H and O–H groups in total. The summed E-state index contributed by atoms with van der Waals surface area (Å²) in [5.74, 6) is 0.574. The van der Waals surface area contributed by atoms with Crippen molar-refractivity contribution in [1.29, 1.82) is 0 Å². The first-order chi connectivity index (χ1) is 13.0. The van der Waals surface area contributed by atoms with E-state index in [1.165, 1.54) is 23.0 Å². The predicted octanol–water partition coefficient (Wildman–Crippen LogP) is 5.56. The van der Waals surface area contributed by atoms with Crippen LogP contribution in [0, 0.1) is 6.92 Å². The van der Waals surface area contributed by atoms with E-state index < -0.39 is 0 Å². The summed E-state index contributed by atoms with van der Waals surface area (Å²) in [6.07, 6.45) is 3.37. The maximum Gasteiger partial charge on any atom is 0.250 e. The highest BCUT2D eigenvalue weighted by molar-refractivity contribution is 7.14. The Morgan fingerprint density at radius 2 is 1.96 bits per heavy atom. The number of thiazole rings is 1. The van der Waals surface area contributed by atoms with Gasteiger partial charge in [-0.25, -0.2) is 4.98 Å². The molecule has 0 aliphatic carbocycles. The number of carbonyl (C=O) groups is 1. The van der Waals surface area contributed by atoms with Gasteiger partial charge in [0.15, 0.2) is 5.13 Å². The highest BCUT2D eigenvalue weighted by atomic mass is 32.1. The van der Waals surface area contributed by atoms with Crippen molar-refractivity contribution < 1.29 is 9.53 Å². The summed E-state index contributed by atoms with van der Waals surface area (Å²) >= 11 is 1.41. The zero-order valence-corrected chi connectivity index (χ0v) is 16.4. The first-order valence-electron chi connectivity index (χ1n) is 8.78. The number of hydrogen-bond donors (Lipinski definition) is 1. The number of ether oxygens (including phenoxy) is 1. The molecule has 5 heteroatoms. The molecule has 0 saturated carbocycles. The fourth-order valence-corrected chi connectivity index (χ4v) is 3.19. The number of anilines is 1. The Hall–Kier alpha value is -2.92. The summed E-state index contributed by atoms with van der Waals surface area (Å²) in [6.45, 7) is 6.01. The average Bonchev–Trinajstić information content (AvgIpc) is 3.09. The van der Waals surface area contributed by atoms with Crippen LogP contribution in [0.1, 0.15) is 25.0 Å². The van der Waals surface area contributed by atoms with Gasteiger partial charge in [-0.15, -0.1) is 11.3 Å². The van der Waals surface area contributed by atoms with Crippen LogP contribution in [0.5, 0.6) is 5.75 Å². The summed E-state index contributed by atoms with van der Waals surface area (Å²) < 4.78 is 5.67. The lowest BCUT2D eigenvalue weighted by atomic mass is 10.1. The molecule has 0 saturated heterocycles. The third-order valence-corrected chi connectivity index (χ3v) is 4.50. The maximum absolute atomic E-state index is 12.2. The number of benzene rings is 2. The second-order valence-corrected chi connectivity index (χ2v) is 7.32. The zero-order chi connectivity index (χ0) is 19.2. The van der Waals surface area contributed by atoms with Crippen molar-refractivity contribution in [2.75, 3.05) is 5.32 Å². The van der Waals surface area contributed by atoms with Crippen LogP contribution in [-0.4, -0.2) is 17.0 Å². The molecule has 1 heterocycles. The molecule has 0 radical (unpaired) electrons. The Labute approximate surface area is 163 Å². The van der Waals surface area contributed by atoms with Crippen molar-refractivity contribution in [3.8, 4) is 17.0 Å². The fourth-order valence-electron chi connectivity index (χ4n) is 2.47. The van der Waals surface area contributed by atoms with Gasteiger partial charge in [-0.3, -0.25) is 10.1 Å². The smallest absolute Gasteiger partial charge is 0.250 e. The number of aryl methyl sites for hydroxylation is 1. The normalized spacial score (nSPS) is 11.1. The van der Waals surface area contributed by atoms with Gasteiger partial charge in [0.05, 0.1) is 11.8 Å². The lowest BCUT2D eigenvalue weighted by molar-refractivity contribution is -0.111. The summed E-state index contributed by atoms with van der Waals surface area (Å²) in [4.78, 5) is 16.7. The monoisotopic (exact) mass is 378 g/mol. The highest BCUT2D eigenvalue weighted by Crippen LogP contribution is 2.25. The maximum atomic E-state index is 12.2. The molecule has 0 aliphatic rings. The van der Waals surface area contributed by atoms with Gasteiger partial charge in [0.1, 0.15) is 5.75 Å². The van der Waals surface area contributed by atoms with Gasteiger partial charge in [-0.2, -0.15) is 0 Å². The van der Waals surface area contributed by atoms with Gasteiger partial charge in [-0.1, -0.05) is 42.0 Å². The van der Waals surface area contributed by atoms with Gasteiger partial charge in [0, 0.05) is 17.0 Å². The molecule has 0 aliphatic heterocycles. The van der Waals surface area contributed by atoms with E-state index in [2.05, 4.69) is 10.3 Å². The van der Waals surface area contributed by atoms with E-state index in [0.29, 0.717) is 5.13 Å². The number of nitrogens with one attached hydrogen (secondary N) is 1. The highest BCUT2D eigenvalue weighted by Gasteiger charge is 2.06. The summed E-state index contributed by atoms with van der Waals surface area (Å²) in [5, 5.41) is 5.33. The third kappa shape index (κ3) is 5.53. The quantitative estimate of drug-likeness (QED) is 0.572. The van der Waals surface area contributed by atoms with E-state index in [1.807, 2.05) is 74.7 Å². The van der Waals surface area contributed by atoms with Crippen molar-refractivity contribution in [3.63, 3.8) is 0 Å². The number of rotatable bonds is 6. The van der Waals surface area contributed by atoms with Gasteiger partial charge >= 0.3 is 0 Å². The van der Waals surface area contributed by atoms with Crippen molar-refractivity contribution in [3.05, 3.63) is 71.1 Å². The summed E-state index contributed by atoms with van der Waals surface area (Å²) in [5.41, 5.74) is 4.01. The van der Waals surface area contributed by atoms with Gasteiger partial charge in [0.2, 0.25) is 5.91 Å². The first kappa shape index (κ1) is 18.9. The number of carbonyl (C=O) groups excluding carboxylic acids is 1. The van der Waals surface area contributed by atoms with Crippen LogP contribution < -0.4 is 10.1 Å². The fraction of sp³-hybridized carbons (Fsp3) is 0.182. The molecular formula is C22H22N2O2S. The lowest BCUT2D eigenvalue weighted by Gasteiger charge is -2.09. The topological polar surface area (TPSA) is 51.2 Å². The molecule has 27 heavy (non-hydrogen) atoms. The van der Waals surface area contributed by atoms with Crippen LogP contribution in [0.15, 0.2) is 60.0 Å². The minimum atomic E-state index is -0.213. The Balaban J connectivity index is 1.62. The average molecular weight is 378 g/mol. The summed E-state index contributed by atoms with van der Waals surface area (Å²) in [6, 6.07) is 15.8. The van der Waals surface area contributed by atoms with E-state index in [-0.39, 0.29) is 12.0 Å². The molecule has 1 amide bonds. The third-order valence-electron chi connectivity index (χ3n) is 3.74. The Morgan fingerprint density at radius 1 is 1.19 bits per heavy atom. The van der Waals surface area contributed by atoms with Gasteiger partial charge in [-0.05, 0) is 44.5 Å². The van der Waals surface area contributed by atoms with E-state index in [0.717, 1.165) is 22.6 Å². The predicted molar refractivity (Wildman–Crippen MR) is 112 cm³/mol. The minimum absolute atomic E-state index is 0.111. The molecule has 0 bridgehead atoms. The molecule has 3 rings (SSSR count). The van der Waals surface area contributed by atoms with Crippen LogP contribution in [0.3, 0.4) is 0 Å². The van der Waals surface area contributed by atoms with Crippen LogP contribution >= 0.6 is 11.3 Å². The van der Waals surface area contributed by atoms with Gasteiger partial charge < -0.3 is 4.74 Å². The van der Waals surface area contributed by atoms with Crippen LogP contribution in [-0.2, 0) is 4.79 Å². The zero-order valence-electron chi connectivity index (χ0n) is 15.6. The molecular weight excluding hydrogens is 356 g/mol. The standard InChI is InChI=1S/C22H22N2O2S/c1-15(2)26-19-6-4-5-17(13-19)9-12-21(25)24-22-23-20(14-27-22)18-10-7-16(3)8-11-18/h4-15H,1-3H3,(H,23,24,25)/b12-9+. The first-order valence-corrected chi connectivity index (χ1v) is 9.66. The molecule has 0 unspecified atom stereocenters. The van der Waals surface area contributed by atoms with Crippen LogP contribution in [0.2, 0.25) is 0 Å². The number of nitrogens with zero attached hydrogens (tertiary/aromatic N) is 1. The molecule has 3 aromatic rings. The molecule has 0 spiro atoms. The van der Waals surface area contributed by atoms with E-state index in [4.69, 9.17) is 4.74 Å². The summed E-state index contributed by atoms with van der Waals surface area (Å²) in [7, 11) is 0. The van der Waals surface area contributed by atoms with Crippen LogP contribution in [0.25, 0.3) is 17.3 Å². The second-order valence-electron chi connectivity index (χ2n) is 6.47. The molecule has 0 atom stereocenters. The molecule has 2 aromatic carbocycles. The van der Waals surface area contributed by atoms with E-state index >= 15 is 0 Å². The molecule has 138 valence electrons. The van der Waals surface area contributed by atoms with Gasteiger partial charge in [0.25, 0.3) is 0 Å². The van der Waals surface area contributed by atoms with Crippen molar-refractivity contribution in [2.24, 2.45) is 0 Å². The minimum Gasteiger partial charge on any atom is -0.491 e.